The van der Waals surface area contributed by atoms with Crippen LogP contribution in [0.15, 0.2) is 47.4 Å². The number of phenols is 1. The lowest BCUT2D eigenvalue weighted by molar-refractivity contribution is -0.137. The quantitative estimate of drug-likeness (QED) is 0.635. The molecule has 7 heteroatoms. The second-order valence-electron chi connectivity index (χ2n) is 5.97. The highest BCUT2D eigenvalue weighted by Gasteiger charge is 2.30. The van der Waals surface area contributed by atoms with Gasteiger partial charge in [0.2, 0.25) is 0 Å². The van der Waals surface area contributed by atoms with Crippen molar-refractivity contribution >= 4 is 11.8 Å². The first-order valence-electron chi connectivity index (χ1n) is 8.13. The molecule has 1 atom stereocenters. The smallest absolute Gasteiger partial charge is 0.416 e. The van der Waals surface area contributed by atoms with Crippen molar-refractivity contribution in [2.24, 2.45) is 5.92 Å². The maximum absolute atomic E-state index is 12.6. The summed E-state index contributed by atoms with van der Waals surface area (Å²) in [6.07, 6.45) is -3.83. The molecule has 142 valence electrons. The zero-order chi connectivity index (χ0) is 19.2. The van der Waals surface area contributed by atoms with Crippen LogP contribution in [0.4, 0.5) is 13.2 Å². The number of hydrogen-bond donors (Lipinski definition) is 2. The summed E-state index contributed by atoms with van der Waals surface area (Å²) < 4.78 is 43.3. The zero-order valence-electron chi connectivity index (χ0n) is 14.3. The van der Waals surface area contributed by atoms with Crippen LogP contribution in [0.3, 0.4) is 0 Å². The molecule has 2 aromatic rings. The Kier molecular flexibility index (Phi) is 7.23. The van der Waals surface area contributed by atoms with E-state index in [1.165, 1.54) is 12.1 Å². The molecular weight excluding hydrogens is 365 g/mol. The number of aliphatic hydroxyl groups excluding tert-OH is 1. The van der Waals surface area contributed by atoms with Crippen molar-refractivity contribution in [1.29, 1.82) is 0 Å². The van der Waals surface area contributed by atoms with Crippen molar-refractivity contribution in [1.82, 2.24) is 0 Å². The molecule has 0 amide bonds. The van der Waals surface area contributed by atoms with Crippen LogP contribution in [0.1, 0.15) is 17.5 Å². The molecule has 0 spiro atoms. The standard InChI is InChI=1S/C19H21F3O3S/c1-13-10-17(6-7-18(13)24)26-12-14(8-9-23)11-25-16-4-2-15(3-5-16)19(20,21)22/h2-7,10,14,23-24H,8-9,11-12H2,1H3. The fourth-order valence-corrected chi connectivity index (χ4v) is 3.40. The predicted octanol–water partition coefficient (Wildman–Crippen LogP) is 4.89. The number of aryl methyl sites for hydroxylation is 1. The van der Waals surface area contributed by atoms with Gasteiger partial charge in [-0.1, -0.05) is 0 Å². The van der Waals surface area contributed by atoms with E-state index >= 15 is 0 Å². The molecule has 0 aliphatic carbocycles. The maximum atomic E-state index is 12.6. The molecule has 2 rings (SSSR count). The number of aromatic hydroxyl groups is 1. The van der Waals surface area contributed by atoms with Crippen LogP contribution in [-0.2, 0) is 6.18 Å². The molecule has 0 aromatic heterocycles. The molecule has 1 unspecified atom stereocenters. The maximum Gasteiger partial charge on any atom is 0.416 e. The molecule has 0 aliphatic heterocycles. The SMILES string of the molecule is Cc1cc(SCC(CCO)COc2ccc(C(F)(F)F)cc2)ccc1O. The number of alkyl halides is 3. The van der Waals surface area contributed by atoms with E-state index in [4.69, 9.17) is 4.74 Å². The van der Waals surface area contributed by atoms with E-state index in [0.29, 0.717) is 24.5 Å². The predicted molar refractivity (Wildman–Crippen MR) is 95.7 cm³/mol. The summed E-state index contributed by atoms with van der Waals surface area (Å²) in [7, 11) is 0. The molecule has 0 heterocycles. The molecule has 26 heavy (non-hydrogen) atoms. The van der Waals surface area contributed by atoms with E-state index in [0.717, 1.165) is 22.6 Å². The Bertz CT molecular complexity index is 702. The second-order valence-corrected chi connectivity index (χ2v) is 7.06. The summed E-state index contributed by atoms with van der Waals surface area (Å²) in [5, 5.41) is 18.8. The third-order valence-corrected chi connectivity index (χ3v) is 5.08. The van der Waals surface area contributed by atoms with Gasteiger partial charge in [0.15, 0.2) is 0 Å². The second kappa shape index (κ2) is 9.19. The Hall–Kier alpha value is -1.86. The van der Waals surface area contributed by atoms with Crippen molar-refractivity contribution < 1.29 is 28.1 Å². The molecule has 3 nitrogen and oxygen atoms in total. The molecule has 2 N–H and O–H groups in total. The van der Waals surface area contributed by atoms with Gasteiger partial charge < -0.3 is 14.9 Å². The van der Waals surface area contributed by atoms with Crippen molar-refractivity contribution in [3.63, 3.8) is 0 Å². The van der Waals surface area contributed by atoms with Gasteiger partial charge in [0.25, 0.3) is 0 Å². The lowest BCUT2D eigenvalue weighted by atomic mass is 10.1. The highest BCUT2D eigenvalue weighted by atomic mass is 32.2. The van der Waals surface area contributed by atoms with E-state index in [9.17, 15) is 23.4 Å². The Morgan fingerprint density at radius 3 is 2.38 bits per heavy atom. The van der Waals surface area contributed by atoms with Crippen LogP contribution in [0.5, 0.6) is 11.5 Å². The molecular formula is C19H21F3O3S. The number of halogens is 3. The van der Waals surface area contributed by atoms with Gasteiger partial charge in [-0.2, -0.15) is 13.2 Å². The van der Waals surface area contributed by atoms with Crippen molar-refractivity contribution in [3.8, 4) is 11.5 Å². The third kappa shape index (κ3) is 6.14. The number of rotatable bonds is 8. The molecule has 0 saturated carbocycles. The molecule has 2 aromatic carbocycles. The number of phenolic OH excluding ortho intramolecular Hbond substituents is 1. The minimum absolute atomic E-state index is 0.0101. The Labute approximate surface area is 154 Å². The molecule has 0 bridgehead atoms. The van der Waals surface area contributed by atoms with Crippen LogP contribution in [0, 0.1) is 12.8 Å². The lowest BCUT2D eigenvalue weighted by Crippen LogP contribution is -2.16. The van der Waals surface area contributed by atoms with Crippen molar-refractivity contribution in [2.75, 3.05) is 19.0 Å². The summed E-state index contributed by atoms with van der Waals surface area (Å²) in [4.78, 5) is 0.998. The monoisotopic (exact) mass is 386 g/mol. The van der Waals surface area contributed by atoms with E-state index in [-0.39, 0.29) is 18.3 Å². The first-order valence-corrected chi connectivity index (χ1v) is 9.11. The summed E-state index contributed by atoms with van der Waals surface area (Å²) in [5.74, 6) is 1.34. The summed E-state index contributed by atoms with van der Waals surface area (Å²) in [5.41, 5.74) is 0.0738. The Balaban J connectivity index is 1.90. The van der Waals surface area contributed by atoms with E-state index in [1.54, 1.807) is 17.8 Å². The largest absolute Gasteiger partial charge is 0.508 e. The molecule has 0 aliphatic rings. The number of ether oxygens (including phenoxy) is 1. The number of benzene rings is 2. The number of thioether (sulfide) groups is 1. The van der Waals surface area contributed by atoms with Crippen molar-refractivity contribution in [2.45, 2.75) is 24.4 Å². The first kappa shape index (κ1) is 20.5. The topological polar surface area (TPSA) is 49.7 Å². The fourth-order valence-electron chi connectivity index (χ4n) is 2.28. The van der Waals surface area contributed by atoms with Crippen LogP contribution in [0.2, 0.25) is 0 Å². The average molecular weight is 386 g/mol. The molecule has 0 radical (unpaired) electrons. The lowest BCUT2D eigenvalue weighted by Gasteiger charge is -2.17. The van der Waals surface area contributed by atoms with Crippen LogP contribution < -0.4 is 4.74 Å². The minimum Gasteiger partial charge on any atom is -0.508 e. The number of aliphatic hydroxyl groups is 1. The van der Waals surface area contributed by atoms with Gasteiger partial charge in [-0.15, -0.1) is 11.8 Å². The van der Waals surface area contributed by atoms with E-state index in [1.807, 2.05) is 19.1 Å². The zero-order valence-corrected chi connectivity index (χ0v) is 15.1. The highest BCUT2D eigenvalue weighted by Crippen LogP contribution is 2.31. The van der Waals surface area contributed by atoms with Crippen LogP contribution in [-0.4, -0.2) is 29.2 Å². The number of hydrogen-bond acceptors (Lipinski definition) is 4. The van der Waals surface area contributed by atoms with E-state index < -0.39 is 11.7 Å². The highest BCUT2D eigenvalue weighted by molar-refractivity contribution is 7.99. The van der Waals surface area contributed by atoms with Gasteiger partial charge in [-0.05, 0) is 61.4 Å². The van der Waals surface area contributed by atoms with E-state index in [2.05, 4.69) is 0 Å². The third-order valence-electron chi connectivity index (χ3n) is 3.86. The molecule has 0 saturated heterocycles. The fraction of sp³-hybridized carbons (Fsp3) is 0.368. The first-order chi connectivity index (χ1) is 12.3. The Morgan fingerprint density at radius 1 is 1.12 bits per heavy atom. The summed E-state index contributed by atoms with van der Waals surface area (Å²) in [6.45, 7) is 2.13. The van der Waals surface area contributed by atoms with Gasteiger partial charge in [0.05, 0.1) is 12.2 Å². The summed E-state index contributed by atoms with van der Waals surface area (Å²) in [6, 6.07) is 9.92. The van der Waals surface area contributed by atoms with Crippen molar-refractivity contribution in [3.05, 3.63) is 53.6 Å². The average Bonchev–Trinajstić information content (AvgIpc) is 2.60. The minimum atomic E-state index is -4.36. The normalized spacial score (nSPS) is 12.8. The van der Waals surface area contributed by atoms with Crippen LogP contribution in [0.25, 0.3) is 0 Å². The Morgan fingerprint density at radius 2 is 1.81 bits per heavy atom. The van der Waals surface area contributed by atoms with Gasteiger partial charge in [-0.25, -0.2) is 0 Å². The van der Waals surface area contributed by atoms with Gasteiger partial charge in [-0.3, -0.25) is 0 Å². The summed E-state index contributed by atoms with van der Waals surface area (Å²) >= 11 is 1.58. The van der Waals surface area contributed by atoms with Gasteiger partial charge in [0, 0.05) is 23.2 Å². The van der Waals surface area contributed by atoms with Gasteiger partial charge >= 0.3 is 6.18 Å². The molecule has 0 fully saturated rings. The van der Waals surface area contributed by atoms with Crippen LogP contribution >= 0.6 is 11.8 Å². The van der Waals surface area contributed by atoms with Gasteiger partial charge in [0.1, 0.15) is 11.5 Å².